The Morgan fingerprint density at radius 3 is 2.42 bits per heavy atom. The summed E-state index contributed by atoms with van der Waals surface area (Å²) >= 11 is 0. The van der Waals surface area contributed by atoms with Crippen LogP contribution in [-0.4, -0.2) is 25.0 Å². The van der Waals surface area contributed by atoms with Crippen LogP contribution >= 0.6 is 0 Å². The highest BCUT2D eigenvalue weighted by molar-refractivity contribution is 5.79. The van der Waals surface area contributed by atoms with E-state index >= 15 is 0 Å². The van der Waals surface area contributed by atoms with E-state index in [4.69, 9.17) is 4.98 Å². The molecule has 162 valence electrons. The summed E-state index contributed by atoms with van der Waals surface area (Å²) in [5, 5.41) is 3.15. The second kappa shape index (κ2) is 8.79. The van der Waals surface area contributed by atoms with Crippen molar-refractivity contribution in [3.63, 3.8) is 0 Å². The van der Waals surface area contributed by atoms with E-state index in [1.807, 2.05) is 55.5 Å². The van der Waals surface area contributed by atoms with Crippen molar-refractivity contribution >= 4 is 28.0 Å². The summed E-state index contributed by atoms with van der Waals surface area (Å²) in [6, 6.07) is 15.4. The minimum absolute atomic E-state index is 0.0766. The first-order chi connectivity index (χ1) is 15.0. The Bertz CT molecular complexity index is 1230. The highest BCUT2D eigenvalue weighted by Gasteiger charge is 2.24. The zero-order valence-electron chi connectivity index (χ0n) is 18.3. The van der Waals surface area contributed by atoms with Crippen molar-refractivity contribution in [2.75, 3.05) is 0 Å². The van der Waals surface area contributed by atoms with Crippen molar-refractivity contribution in [1.82, 2.24) is 24.4 Å². The predicted octanol–water partition coefficient (Wildman–Crippen LogP) is 3.99. The standard InChI is InChI=1S/C24H29N5O2/c1-4-16(3)22(23-25-17-10-6-7-11-18(17)26-23)27-21(30)14-15-29-20-13-9-8-12-19(20)28(5-2)24(29)31/h6-13,16,22H,4-5,14-15H2,1-3H3,(H,25,26)(H,27,30). The largest absolute Gasteiger partial charge is 0.346 e. The lowest BCUT2D eigenvalue weighted by molar-refractivity contribution is -0.122. The van der Waals surface area contributed by atoms with Gasteiger partial charge in [0.05, 0.1) is 28.1 Å². The molecule has 2 atom stereocenters. The van der Waals surface area contributed by atoms with E-state index in [9.17, 15) is 9.59 Å². The molecule has 0 aliphatic carbocycles. The van der Waals surface area contributed by atoms with Crippen LogP contribution in [-0.2, 0) is 17.9 Å². The van der Waals surface area contributed by atoms with Crippen LogP contribution in [0.3, 0.4) is 0 Å². The van der Waals surface area contributed by atoms with Crippen LogP contribution in [0.5, 0.6) is 0 Å². The number of benzene rings is 2. The fraction of sp³-hybridized carbons (Fsp3) is 0.375. The smallest absolute Gasteiger partial charge is 0.329 e. The van der Waals surface area contributed by atoms with Crippen LogP contribution in [0.15, 0.2) is 53.3 Å². The number of carbonyl (C=O) groups excluding carboxylic acids is 1. The molecule has 7 nitrogen and oxygen atoms in total. The number of aromatic amines is 1. The van der Waals surface area contributed by atoms with Crippen LogP contribution in [0.2, 0.25) is 0 Å². The number of carbonyl (C=O) groups is 1. The maximum atomic E-state index is 12.9. The number of amides is 1. The van der Waals surface area contributed by atoms with E-state index in [0.717, 1.165) is 34.3 Å². The summed E-state index contributed by atoms with van der Waals surface area (Å²) in [5.74, 6) is 0.892. The fourth-order valence-corrected chi connectivity index (χ4v) is 4.09. The molecule has 0 radical (unpaired) electrons. The van der Waals surface area contributed by atoms with E-state index < -0.39 is 0 Å². The summed E-state index contributed by atoms with van der Waals surface area (Å²) in [4.78, 5) is 33.7. The second-order valence-electron chi connectivity index (χ2n) is 7.99. The SMILES string of the molecule is CCC(C)C(NC(=O)CCn1c(=O)n(CC)c2ccccc21)c1nc2ccccc2[nH]1. The van der Waals surface area contributed by atoms with Gasteiger partial charge in [0.25, 0.3) is 0 Å². The highest BCUT2D eigenvalue weighted by Crippen LogP contribution is 2.24. The Balaban J connectivity index is 1.53. The lowest BCUT2D eigenvalue weighted by atomic mass is 9.98. The molecule has 31 heavy (non-hydrogen) atoms. The number of imidazole rings is 2. The molecule has 7 heteroatoms. The van der Waals surface area contributed by atoms with Gasteiger partial charge in [-0.3, -0.25) is 13.9 Å². The first kappa shape index (κ1) is 20.9. The monoisotopic (exact) mass is 419 g/mol. The summed E-state index contributed by atoms with van der Waals surface area (Å²) in [6.07, 6.45) is 1.14. The molecule has 2 N–H and O–H groups in total. The Kier molecular flexibility index (Phi) is 5.93. The minimum Gasteiger partial charge on any atom is -0.346 e. The molecule has 2 unspecified atom stereocenters. The summed E-state index contributed by atoms with van der Waals surface area (Å²) in [6.45, 7) is 7.10. The number of H-pyrrole nitrogens is 1. The lowest BCUT2D eigenvalue weighted by Gasteiger charge is -2.22. The number of aryl methyl sites for hydroxylation is 2. The van der Waals surface area contributed by atoms with Gasteiger partial charge in [-0.2, -0.15) is 0 Å². The van der Waals surface area contributed by atoms with Gasteiger partial charge < -0.3 is 10.3 Å². The van der Waals surface area contributed by atoms with Crippen molar-refractivity contribution in [1.29, 1.82) is 0 Å². The molecule has 2 heterocycles. The molecule has 2 aromatic carbocycles. The minimum atomic E-state index is -0.210. The summed E-state index contributed by atoms with van der Waals surface area (Å²) in [5.41, 5.74) is 3.53. The van der Waals surface area contributed by atoms with E-state index in [-0.39, 0.29) is 30.0 Å². The average Bonchev–Trinajstić information content (AvgIpc) is 3.33. The number of rotatable bonds is 8. The molecular weight excluding hydrogens is 390 g/mol. The van der Waals surface area contributed by atoms with Crippen LogP contribution in [0.4, 0.5) is 0 Å². The first-order valence-corrected chi connectivity index (χ1v) is 11.0. The lowest BCUT2D eigenvalue weighted by Crippen LogP contribution is -2.34. The fourth-order valence-electron chi connectivity index (χ4n) is 4.09. The average molecular weight is 420 g/mol. The van der Waals surface area contributed by atoms with Crippen molar-refractivity contribution in [2.45, 2.75) is 52.7 Å². The van der Waals surface area contributed by atoms with Gasteiger partial charge in [0.15, 0.2) is 0 Å². The Morgan fingerprint density at radius 1 is 1.06 bits per heavy atom. The number of fused-ring (bicyclic) bond motifs is 2. The van der Waals surface area contributed by atoms with E-state index in [0.29, 0.717) is 13.1 Å². The zero-order valence-corrected chi connectivity index (χ0v) is 18.3. The third kappa shape index (κ3) is 4.00. The Hall–Kier alpha value is -3.35. The number of hydrogen-bond acceptors (Lipinski definition) is 3. The number of nitrogens with zero attached hydrogens (tertiary/aromatic N) is 3. The maximum absolute atomic E-state index is 12.9. The number of nitrogens with one attached hydrogen (secondary N) is 2. The zero-order chi connectivity index (χ0) is 22.0. The molecule has 0 saturated heterocycles. The van der Waals surface area contributed by atoms with Gasteiger partial charge in [0, 0.05) is 19.5 Å². The first-order valence-electron chi connectivity index (χ1n) is 11.0. The topological polar surface area (TPSA) is 84.7 Å². The van der Waals surface area contributed by atoms with Crippen molar-refractivity contribution in [3.05, 3.63) is 64.8 Å². The van der Waals surface area contributed by atoms with Crippen molar-refractivity contribution in [2.24, 2.45) is 5.92 Å². The van der Waals surface area contributed by atoms with Gasteiger partial charge in [-0.1, -0.05) is 44.5 Å². The van der Waals surface area contributed by atoms with Crippen molar-refractivity contribution in [3.8, 4) is 0 Å². The highest BCUT2D eigenvalue weighted by atomic mass is 16.2. The maximum Gasteiger partial charge on any atom is 0.329 e. The third-order valence-electron chi connectivity index (χ3n) is 6.04. The van der Waals surface area contributed by atoms with E-state index in [2.05, 4.69) is 24.1 Å². The molecule has 4 aromatic rings. The molecule has 0 fully saturated rings. The van der Waals surface area contributed by atoms with Gasteiger partial charge >= 0.3 is 5.69 Å². The van der Waals surface area contributed by atoms with Crippen LogP contribution in [0, 0.1) is 5.92 Å². The normalized spacial score (nSPS) is 13.5. The molecule has 1 amide bonds. The van der Waals surface area contributed by atoms with Crippen LogP contribution < -0.4 is 11.0 Å². The summed E-state index contributed by atoms with van der Waals surface area (Å²) < 4.78 is 3.43. The number of aromatic nitrogens is 4. The molecule has 0 bridgehead atoms. The number of para-hydroxylation sites is 4. The quantitative estimate of drug-likeness (QED) is 0.453. The molecular formula is C24H29N5O2. The van der Waals surface area contributed by atoms with Gasteiger partial charge in [0.1, 0.15) is 5.82 Å². The van der Waals surface area contributed by atoms with Gasteiger partial charge in [-0.15, -0.1) is 0 Å². The van der Waals surface area contributed by atoms with Crippen LogP contribution in [0.25, 0.3) is 22.1 Å². The van der Waals surface area contributed by atoms with Gasteiger partial charge in [0.2, 0.25) is 5.91 Å². The molecule has 4 rings (SSSR count). The third-order valence-corrected chi connectivity index (χ3v) is 6.04. The molecule has 0 spiro atoms. The van der Waals surface area contributed by atoms with Gasteiger partial charge in [-0.25, -0.2) is 9.78 Å². The molecule has 0 saturated carbocycles. The molecule has 0 aliphatic rings. The van der Waals surface area contributed by atoms with Crippen molar-refractivity contribution < 1.29 is 4.79 Å². The Labute approximate surface area is 181 Å². The predicted molar refractivity (Wildman–Crippen MR) is 123 cm³/mol. The van der Waals surface area contributed by atoms with Crippen LogP contribution in [0.1, 0.15) is 45.5 Å². The second-order valence-corrected chi connectivity index (χ2v) is 7.99. The van der Waals surface area contributed by atoms with E-state index in [1.54, 1.807) is 9.13 Å². The summed E-state index contributed by atoms with van der Waals surface area (Å²) in [7, 11) is 0. The molecule has 0 aliphatic heterocycles. The van der Waals surface area contributed by atoms with E-state index in [1.165, 1.54) is 0 Å². The Morgan fingerprint density at radius 2 is 1.74 bits per heavy atom. The van der Waals surface area contributed by atoms with Gasteiger partial charge in [-0.05, 0) is 37.1 Å². The molecule has 2 aromatic heterocycles. The number of hydrogen-bond donors (Lipinski definition) is 2.